The zero-order valence-corrected chi connectivity index (χ0v) is 18.9. The van der Waals surface area contributed by atoms with Gasteiger partial charge < -0.3 is 19.7 Å². The van der Waals surface area contributed by atoms with Crippen molar-refractivity contribution in [3.63, 3.8) is 0 Å². The molecule has 2 amide bonds. The van der Waals surface area contributed by atoms with Gasteiger partial charge in [0.15, 0.2) is 6.10 Å². The lowest BCUT2D eigenvalue weighted by Gasteiger charge is -2.33. The predicted octanol–water partition coefficient (Wildman–Crippen LogP) is 4.24. The molecule has 1 aliphatic rings. The number of hydrogen-bond acceptors (Lipinski definition) is 4. The van der Waals surface area contributed by atoms with Crippen molar-refractivity contribution in [1.82, 2.24) is 10.2 Å². The highest BCUT2D eigenvalue weighted by atomic mass is 35.5. The average molecular weight is 445 g/mol. The molecule has 166 valence electrons. The third-order valence-corrected chi connectivity index (χ3v) is 5.61. The maximum Gasteiger partial charge on any atom is 0.260 e. The Kier molecular flexibility index (Phi) is 7.80. The van der Waals surface area contributed by atoms with E-state index in [9.17, 15) is 9.59 Å². The number of carbonyl (C=O) groups is 2. The van der Waals surface area contributed by atoms with Crippen LogP contribution in [0.1, 0.15) is 42.6 Å². The number of amides is 2. The van der Waals surface area contributed by atoms with Gasteiger partial charge in [-0.1, -0.05) is 17.7 Å². The number of nitrogens with zero attached hydrogens (tertiary/aromatic N) is 1. The van der Waals surface area contributed by atoms with Crippen LogP contribution in [0.3, 0.4) is 0 Å². The second-order valence-corrected chi connectivity index (χ2v) is 8.13. The Hall–Kier alpha value is -2.73. The molecule has 2 aromatic rings. The third-order valence-electron chi connectivity index (χ3n) is 5.30. The van der Waals surface area contributed by atoms with Gasteiger partial charge in [-0.3, -0.25) is 9.59 Å². The van der Waals surface area contributed by atoms with Gasteiger partial charge in [0, 0.05) is 24.7 Å². The van der Waals surface area contributed by atoms with Crippen molar-refractivity contribution >= 4 is 23.4 Å². The molecule has 0 spiro atoms. The van der Waals surface area contributed by atoms with E-state index in [0.29, 0.717) is 48.9 Å². The van der Waals surface area contributed by atoms with E-state index in [1.807, 2.05) is 43.0 Å². The molecule has 1 aliphatic heterocycles. The van der Waals surface area contributed by atoms with E-state index < -0.39 is 6.10 Å². The van der Waals surface area contributed by atoms with Gasteiger partial charge in [-0.15, -0.1) is 0 Å². The number of likely N-dealkylation sites (tertiary alicyclic amines) is 1. The molecular weight excluding hydrogens is 416 g/mol. The van der Waals surface area contributed by atoms with Crippen molar-refractivity contribution in [2.75, 3.05) is 19.7 Å². The molecule has 1 N–H and O–H groups in total. The minimum Gasteiger partial charge on any atom is -0.494 e. The van der Waals surface area contributed by atoms with Crippen molar-refractivity contribution in [3.05, 3.63) is 58.6 Å². The largest absolute Gasteiger partial charge is 0.494 e. The summed E-state index contributed by atoms with van der Waals surface area (Å²) in [5.41, 5.74) is 1.65. The molecule has 1 unspecified atom stereocenters. The summed E-state index contributed by atoms with van der Waals surface area (Å²) in [6, 6.07) is 12.7. The smallest absolute Gasteiger partial charge is 0.260 e. The molecule has 0 aromatic heterocycles. The van der Waals surface area contributed by atoms with Crippen LogP contribution >= 0.6 is 11.6 Å². The first-order valence-electron chi connectivity index (χ1n) is 10.6. The minimum absolute atomic E-state index is 0.00128. The first-order valence-corrected chi connectivity index (χ1v) is 11.0. The summed E-state index contributed by atoms with van der Waals surface area (Å²) in [5.74, 6) is 1.07. The lowest BCUT2D eigenvalue weighted by Crippen LogP contribution is -2.49. The standard InChI is InChI=1S/C24H29ClN2O4/c1-4-30-20-8-6-18(7-9-20)24(29)27-13-11-19(12-14-27)26-23(28)17(3)31-22-15-16(2)5-10-21(22)25/h5-10,15,17,19H,4,11-14H2,1-3H3,(H,26,28). The fraction of sp³-hybridized carbons (Fsp3) is 0.417. The molecule has 1 heterocycles. The van der Waals surface area contributed by atoms with Crippen molar-refractivity contribution < 1.29 is 19.1 Å². The molecule has 0 radical (unpaired) electrons. The van der Waals surface area contributed by atoms with Crippen LogP contribution < -0.4 is 14.8 Å². The summed E-state index contributed by atoms with van der Waals surface area (Å²) in [7, 11) is 0. The third kappa shape index (κ3) is 6.14. The van der Waals surface area contributed by atoms with E-state index in [4.69, 9.17) is 21.1 Å². The van der Waals surface area contributed by atoms with E-state index in [-0.39, 0.29) is 17.9 Å². The van der Waals surface area contributed by atoms with E-state index in [1.54, 1.807) is 25.1 Å². The second-order valence-electron chi connectivity index (χ2n) is 7.73. The van der Waals surface area contributed by atoms with Gasteiger partial charge in [0.2, 0.25) is 0 Å². The number of nitrogens with one attached hydrogen (secondary N) is 1. The predicted molar refractivity (Wildman–Crippen MR) is 121 cm³/mol. The average Bonchev–Trinajstić information content (AvgIpc) is 2.77. The van der Waals surface area contributed by atoms with Crippen LogP contribution in [0.15, 0.2) is 42.5 Å². The van der Waals surface area contributed by atoms with Gasteiger partial charge in [-0.25, -0.2) is 0 Å². The minimum atomic E-state index is -0.664. The summed E-state index contributed by atoms with van der Waals surface area (Å²) in [6.07, 6.45) is 0.738. The molecule has 0 aliphatic carbocycles. The molecule has 1 saturated heterocycles. The Morgan fingerprint density at radius 2 is 1.84 bits per heavy atom. The first kappa shape index (κ1) is 22.9. The van der Waals surface area contributed by atoms with Crippen molar-refractivity contribution in [3.8, 4) is 11.5 Å². The number of benzene rings is 2. The number of piperidine rings is 1. The molecular formula is C24H29ClN2O4. The normalized spacial score (nSPS) is 15.3. The van der Waals surface area contributed by atoms with Gasteiger partial charge in [0.05, 0.1) is 11.6 Å². The van der Waals surface area contributed by atoms with Crippen LogP contribution in [0.25, 0.3) is 0 Å². The van der Waals surface area contributed by atoms with Gasteiger partial charge in [-0.2, -0.15) is 0 Å². The Balaban J connectivity index is 1.48. The highest BCUT2D eigenvalue weighted by Crippen LogP contribution is 2.26. The monoisotopic (exact) mass is 444 g/mol. The quantitative estimate of drug-likeness (QED) is 0.693. The highest BCUT2D eigenvalue weighted by molar-refractivity contribution is 6.32. The molecule has 31 heavy (non-hydrogen) atoms. The SMILES string of the molecule is CCOc1ccc(C(=O)N2CCC(NC(=O)C(C)Oc3cc(C)ccc3Cl)CC2)cc1. The Labute approximate surface area is 188 Å². The lowest BCUT2D eigenvalue weighted by atomic mass is 10.0. The van der Waals surface area contributed by atoms with Crippen LogP contribution in [-0.4, -0.2) is 48.6 Å². The zero-order chi connectivity index (χ0) is 22.4. The van der Waals surface area contributed by atoms with Crippen LogP contribution in [0.2, 0.25) is 5.02 Å². The van der Waals surface area contributed by atoms with Crippen LogP contribution in [-0.2, 0) is 4.79 Å². The highest BCUT2D eigenvalue weighted by Gasteiger charge is 2.26. The lowest BCUT2D eigenvalue weighted by molar-refractivity contribution is -0.128. The summed E-state index contributed by atoms with van der Waals surface area (Å²) in [5, 5.41) is 3.51. The molecule has 1 fully saturated rings. The summed E-state index contributed by atoms with van der Waals surface area (Å²) in [4.78, 5) is 27.1. The Bertz CT molecular complexity index is 908. The number of carbonyl (C=O) groups excluding carboxylic acids is 2. The first-order chi connectivity index (χ1) is 14.9. The fourth-order valence-electron chi connectivity index (χ4n) is 3.53. The number of aryl methyl sites for hydroxylation is 1. The van der Waals surface area contributed by atoms with E-state index in [0.717, 1.165) is 11.3 Å². The number of ether oxygens (including phenoxy) is 2. The molecule has 7 heteroatoms. The topological polar surface area (TPSA) is 67.9 Å². The summed E-state index contributed by atoms with van der Waals surface area (Å²) < 4.78 is 11.2. The number of hydrogen-bond donors (Lipinski definition) is 1. The molecule has 0 saturated carbocycles. The molecule has 6 nitrogen and oxygen atoms in total. The molecule has 2 aromatic carbocycles. The second kappa shape index (κ2) is 10.5. The van der Waals surface area contributed by atoms with E-state index >= 15 is 0 Å². The zero-order valence-electron chi connectivity index (χ0n) is 18.2. The maximum absolute atomic E-state index is 12.7. The summed E-state index contributed by atoms with van der Waals surface area (Å²) >= 11 is 6.16. The van der Waals surface area contributed by atoms with Gasteiger partial charge in [0.25, 0.3) is 11.8 Å². The van der Waals surface area contributed by atoms with Crippen molar-refractivity contribution in [2.24, 2.45) is 0 Å². The molecule has 1 atom stereocenters. The van der Waals surface area contributed by atoms with Gasteiger partial charge >= 0.3 is 0 Å². The maximum atomic E-state index is 12.7. The Morgan fingerprint density at radius 3 is 2.48 bits per heavy atom. The molecule has 3 rings (SSSR count). The fourth-order valence-corrected chi connectivity index (χ4v) is 3.70. The van der Waals surface area contributed by atoms with Gasteiger partial charge in [0.1, 0.15) is 11.5 Å². The van der Waals surface area contributed by atoms with Crippen LogP contribution in [0.5, 0.6) is 11.5 Å². The van der Waals surface area contributed by atoms with Gasteiger partial charge in [-0.05, 0) is 75.6 Å². The van der Waals surface area contributed by atoms with Crippen molar-refractivity contribution in [1.29, 1.82) is 0 Å². The number of rotatable bonds is 7. The van der Waals surface area contributed by atoms with Crippen LogP contribution in [0.4, 0.5) is 0 Å². The molecule has 0 bridgehead atoms. The van der Waals surface area contributed by atoms with E-state index in [1.165, 1.54) is 0 Å². The van der Waals surface area contributed by atoms with Crippen LogP contribution in [0, 0.1) is 6.92 Å². The summed E-state index contributed by atoms with van der Waals surface area (Å²) in [6.45, 7) is 7.35. The number of halogens is 1. The Morgan fingerprint density at radius 1 is 1.16 bits per heavy atom. The van der Waals surface area contributed by atoms with E-state index in [2.05, 4.69) is 5.32 Å². The van der Waals surface area contributed by atoms with Crippen molar-refractivity contribution in [2.45, 2.75) is 45.8 Å².